The quantitative estimate of drug-likeness (QED) is 0.128. The molecule has 3 heterocycles. The van der Waals surface area contributed by atoms with Crippen molar-refractivity contribution in [3.05, 3.63) is 0 Å². The predicted molar refractivity (Wildman–Crippen MR) is 114 cm³/mol. The summed E-state index contributed by atoms with van der Waals surface area (Å²) in [4.78, 5) is 35.1. The second kappa shape index (κ2) is 12.6. The minimum Gasteiger partial charge on any atom is -0.479 e. The SMILES string of the molecule is CC(=O)N[C@H]1[C@H](O[C@H]2[C@H](O)[C@@H](O)[C@H](O)O[C@@H]2C(=O)O)O[C@H](CO)[C@@H](O)[C@@H]1O[C@@H]1O[C@H](C(=O)O)[C@@H](O)[C@H](O)[C@H]1O. The number of rotatable bonds is 8. The number of aliphatic hydroxyl groups excluding tert-OH is 8. The monoisotopic (exact) mass is 573 g/mol. The zero-order valence-electron chi connectivity index (χ0n) is 20.1. The van der Waals surface area contributed by atoms with E-state index in [1.54, 1.807) is 0 Å². The van der Waals surface area contributed by atoms with Crippen molar-refractivity contribution in [3.8, 4) is 0 Å². The summed E-state index contributed by atoms with van der Waals surface area (Å²) >= 11 is 0. The largest absolute Gasteiger partial charge is 0.479 e. The maximum atomic E-state index is 12.0. The van der Waals surface area contributed by atoms with Crippen LogP contribution < -0.4 is 5.32 Å². The summed E-state index contributed by atoms with van der Waals surface area (Å²) in [6.45, 7) is 0.0676. The Balaban J connectivity index is 1.94. The van der Waals surface area contributed by atoms with Crippen molar-refractivity contribution in [1.29, 1.82) is 0 Å². The molecular weight excluding hydrogens is 542 g/mol. The van der Waals surface area contributed by atoms with Crippen LogP contribution in [0, 0.1) is 0 Å². The van der Waals surface area contributed by atoms with Crippen molar-refractivity contribution in [2.75, 3.05) is 6.61 Å². The number of hydrogen-bond acceptors (Lipinski definition) is 16. The molecule has 0 bridgehead atoms. The van der Waals surface area contributed by atoms with Gasteiger partial charge >= 0.3 is 11.9 Å². The molecule has 1 amide bonds. The van der Waals surface area contributed by atoms with Crippen molar-refractivity contribution in [1.82, 2.24) is 5.32 Å². The second-order valence-corrected chi connectivity index (χ2v) is 9.15. The molecule has 0 spiro atoms. The van der Waals surface area contributed by atoms with Crippen LogP contribution in [0.15, 0.2) is 0 Å². The van der Waals surface area contributed by atoms with Crippen LogP contribution in [-0.4, -0.2) is 168 Å². The average molecular weight is 573 g/mol. The lowest BCUT2D eigenvalue weighted by Gasteiger charge is -2.48. The highest BCUT2D eigenvalue weighted by Crippen LogP contribution is 2.32. The first-order valence-electron chi connectivity index (χ1n) is 11.6. The number of aliphatic hydroxyl groups is 8. The molecule has 0 saturated carbocycles. The van der Waals surface area contributed by atoms with E-state index < -0.39 is 117 Å². The maximum Gasteiger partial charge on any atom is 0.335 e. The number of amides is 1. The van der Waals surface area contributed by atoms with Crippen LogP contribution >= 0.6 is 0 Å². The van der Waals surface area contributed by atoms with Crippen LogP contribution in [0.5, 0.6) is 0 Å². The fraction of sp³-hybridized carbons (Fsp3) is 0.850. The molecule has 0 radical (unpaired) electrons. The smallest absolute Gasteiger partial charge is 0.335 e. The maximum absolute atomic E-state index is 12.0. The van der Waals surface area contributed by atoms with E-state index in [0.717, 1.165) is 6.92 Å². The van der Waals surface area contributed by atoms with E-state index in [4.69, 9.17) is 23.7 Å². The van der Waals surface area contributed by atoms with E-state index >= 15 is 0 Å². The van der Waals surface area contributed by atoms with Crippen LogP contribution in [-0.2, 0) is 38.1 Å². The van der Waals surface area contributed by atoms with Crippen LogP contribution in [0.25, 0.3) is 0 Å². The zero-order chi connectivity index (χ0) is 29.3. The van der Waals surface area contributed by atoms with Crippen molar-refractivity contribution >= 4 is 17.8 Å². The van der Waals surface area contributed by atoms with Gasteiger partial charge in [0.2, 0.25) is 5.91 Å². The van der Waals surface area contributed by atoms with E-state index in [-0.39, 0.29) is 0 Å². The Morgan fingerprint density at radius 2 is 1.28 bits per heavy atom. The first kappa shape index (κ1) is 31.4. The Kier molecular flexibility index (Phi) is 10.1. The molecule has 0 unspecified atom stereocenters. The molecule has 3 aliphatic rings. The van der Waals surface area contributed by atoms with Crippen molar-refractivity contribution in [2.45, 2.75) is 99.0 Å². The predicted octanol–water partition coefficient (Wildman–Crippen LogP) is -7.24. The highest BCUT2D eigenvalue weighted by atomic mass is 16.7. The molecule has 224 valence electrons. The number of ether oxygens (including phenoxy) is 5. The standard InChI is InChI=1S/C20H31NO18/c1-3(23)21-5-12(37-20-11(29)7(25)8(26)14(39-20)16(30)31)6(24)4(2-22)35-19(5)38-13-9(27)10(28)18(34)36-15(13)17(32)33/h4-15,18-20,22,24-29,34H,2H2,1H3,(H,21,23)(H,30,31)(H,32,33)/t4-,5-,6-,7+,8+,9-,10-,11-,12-,13+,14+,15+,18-,19+,20-/m1/s1. The molecular formula is C20H31NO18. The third-order valence-corrected chi connectivity index (χ3v) is 6.43. The van der Waals surface area contributed by atoms with Gasteiger partial charge in [0.1, 0.15) is 61.0 Å². The number of carboxylic acids is 2. The first-order chi connectivity index (χ1) is 18.2. The molecule has 11 N–H and O–H groups in total. The zero-order valence-corrected chi connectivity index (χ0v) is 20.1. The summed E-state index contributed by atoms with van der Waals surface area (Å²) < 4.78 is 26.3. The lowest BCUT2D eigenvalue weighted by molar-refractivity contribution is -0.358. The van der Waals surface area contributed by atoms with Gasteiger partial charge in [0.15, 0.2) is 31.1 Å². The normalized spacial score (nSPS) is 46.8. The van der Waals surface area contributed by atoms with Crippen LogP contribution in [0.2, 0.25) is 0 Å². The Morgan fingerprint density at radius 3 is 1.82 bits per heavy atom. The minimum atomic E-state index is -2.11. The van der Waals surface area contributed by atoms with Crippen LogP contribution in [0.3, 0.4) is 0 Å². The van der Waals surface area contributed by atoms with Gasteiger partial charge in [0.25, 0.3) is 0 Å². The van der Waals surface area contributed by atoms with Gasteiger partial charge < -0.3 is 80.1 Å². The lowest BCUT2D eigenvalue weighted by Crippen LogP contribution is -2.70. The summed E-state index contributed by atoms with van der Waals surface area (Å²) in [5, 5.41) is 102. The van der Waals surface area contributed by atoms with E-state index in [9.17, 15) is 65.4 Å². The Bertz CT molecular complexity index is 891. The number of carbonyl (C=O) groups is 3. The summed E-state index contributed by atoms with van der Waals surface area (Å²) in [5.74, 6) is -4.29. The number of carbonyl (C=O) groups excluding carboxylic acids is 1. The van der Waals surface area contributed by atoms with Gasteiger partial charge in [0, 0.05) is 6.92 Å². The summed E-state index contributed by atoms with van der Waals surface area (Å²) in [6.07, 6.45) is -27.9. The van der Waals surface area contributed by atoms with Gasteiger partial charge in [0.05, 0.1) is 6.61 Å². The van der Waals surface area contributed by atoms with Gasteiger partial charge in [-0.3, -0.25) is 4.79 Å². The van der Waals surface area contributed by atoms with Crippen LogP contribution in [0.1, 0.15) is 6.92 Å². The molecule has 19 heteroatoms. The van der Waals surface area contributed by atoms with Crippen molar-refractivity contribution < 1.29 is 89.1 Å². The summed E-state index contributed by atoms with van der Waals surface area (Å²) in [5.41, 5.74) is 0. The van der Waals surface area contributed by atoms with E-state index in [2.05, 4.69) is 5.32 Å². The Hall–Kier alpha value is -2.11. The molecule has 3 saturated heterocycles. The van der Waals surface area contributed by atoms with Gasteiger partial charge in [-0.15, -0.1) is 0 Å². The Labute approximate surface area is 218 Å². The molecule has 15 atom stereocenters. The molecule has 0 aromatic heterocycles. The second-order valence-electron chi connectivity index (χ2n) is 9.15. The van der Waals surface area contributed by atoms with Crippen LogP contribution in [0.4, 0.5) is 0 Å². The number of carboxylic acid groups (broad SMARTS) is 2. The van der Waals surface area contributed by atoms with E-state index in [1.807, 2.05) is 0 Å². The van der Waals surface area contributed by atoms with Gasteiger partial charge in [-0.25, -0.2) is 9.59 Å². The third kappa shape index (κ3) is 6.46. The topological polar surface area (TPSA) is 312 Å². The first-order valence-corrected chi connectivity index (χ1v) is 11.6. The fourth-order valence-electron chi connectivity index (χ4n) is 4.41. The number of aliphatic carboxylic acids is 2. The molecule has 0 aromatic rings. The fourth-order valence-corrected chi connectivity index (χ4v) is 4.41. The van der Waals surface area contributed by atoms with Gasteiger partial charge in [-0.1, -0.05) is 0 Å². The molecule has 39 heavy (non-hydrogen) atoms. The summed E-state index contributed by atoms with van der Waals surface area (Å²) in [6, 6.07) is -1.67. The molecule has 19 nitrogen and oxygen atoms in total. The van der Waals surface area contributed by atoms with Crippen molar-refractivity contribution in [3.63, 3.8) is 0 Å². The van der Waals surface area contributed by atoms with Crippen molar-refractivity contribution in [2.24, 2.45) is 0 Å². The van der Waals surface area contributed by atoms with Gasteiger partial charge in [-0.05, 0) is 0 Å². The number of hydrogen-bond donors (Lipinski definition) is 11. The minimum absolute atomic E-state index is 0.810. The van der Waals surface area contributed by atoms with E-state index in [1.165, 1.54) is 0 Å². The summed E-state index contributed by atoms with van der Waals surface area (Å²) in [7, 11) is 0. The third-order valence-electron chi connectivity index (χ3n) is 6.43. The molecule has 3 fully saturated rings. The molecule has 0 aliphatic carbocycles. The molecule has 0 aromatic carbocycles. The number of nitrogens with one attached hydrogen (secondary N) is 1. The highest BCUT2D eigenvalue weighted by molar-refractivity contribution is 5.74. The lowest BCUT2D eigenvalue weighted by atomic mass is 9.94. The molecule has 3 aliphatic heterocycles. The molecule has 3 rings (SSSR count). The highest BCUT2D eigenvalue weighted by Gasteiger charge is 2.55. The Morgan fingerprint density at radius 1 is 0.692 bits per heavy atom. The average Bonchev–Trinajstić information content (AvgIpc) is 2.86. The van der Waals surface area contributed by atoms with E-state index in [0.29, 0.717) is 0 Å². The van der Waals surface area contributed by atoms with Gasteiger partial charge in [-0.2, -0.15) is 0 Å².